The Balaban J connectivity index is 2.53. The highest BCUT2D eigenvalue weighted by Crippen LogP contribution is 2.21. The lowest BCUT2D eigenvalue weighted by Gasteiger charge is -2.13. The van der Waals surface area contributed by atoms with E-state index in [4.69, 9.17) is 27.2 Å². The molecule has 0 bridgehead atoms. The van der Waals surface area contributed by atoms with E-state index in [-0.39, 0.29) is 19.0 Å². The van der Waals surface area contributed by atoms with Crippen molar-refractivity contribution in [1.29, 1.82) is 0 Å². The molecule has 0 unspecified atom stereocenters. The number of hydrogen-bond donors (Lipinski definition) is 2. The molecule has 0 spiro atoms. The summed E-state index contributed by atoms with van der Waals surface area (Å²) in [6.45, 7) is 1.98. The van der Waals surface area contributed by atoms with Gasteiger partial charge in [-0.2, -0.15) is 0 Å². The van der Waals surface area contributed by atoms with E-state index >= 15 is 0 Å². The maximum atomic E-state index is 11.7. The van der Waals surface area contributed by atoms with Gasteiger partial charge in [-0.3, -0.25) is 4.79 Å². The van der Waals surface area contributed by atoms with Gasteiger partial charge in [-0.05, 0) is 43.7 Å². The van der Waals surface area contributed by atoms with Gasteiger partial charge in [0.2, 0.25) is 0 Å². The molecule has 0 heterocycles. The summed E-state index contributed by atoms with van der Waals surface area (Å²) >= 11 is 5.89. The normalized spacial score (nSPS) is 12.2. The second-order valence-corrected chi connectivity index (χ2v) is 4.53. The summed E-state index contributed by atoms with van der Waals surface area (Å²) in [5.41, 5.74) is 6.26. The van der Waals surface area contributed by atoms with Gasteiger partial charge in [-0.1, -0.05) is 11.6 Å². The Labute approximate surface area is 112 Å². The van der Waals surface area contributed by atoms with Crippen LogP contribution in [0.25, 0.3) is 0 Å². The van der Waals surface area contributed by atoms with Crippen molar-refractivity contribution < 1.29 is 14.6 Å². The number of aliphatic hydroxyl groups is 1. The monoisotopic (exact) mass is 271 g/mol. The highest BCUT2D eigenvalue weighted by molar-refractivity contribution is 6.31. The van der Waals surface area contributed by atoms with Crippen molar-refractivity contribution in [2.45, 2.75) is 13.3 Å². The van der Waals surface area contributed by atoms with E-state index < -0.39 is 5.92 Å². The predicted octanol–water partition coefficient (Wildman–Crippen LogP) is 1.55. The zero-order valence-electron chi connectivity index (χ0n) is 10.4. The Bertz CT molecular complexity index is 409. The maximum absolute atomic E-state index is 11.7. The van der Waals surface area contributed by atoms with Crippen LogP contribution in [0.15, 0.2) is 18.2 Å². The number of carbonyl (C=O) groups excluding carboxylic acids is 1. The number of rotatable bonds is 7. The van der Waals surface area contributed by atoms with Gasteiger partial charge < -0.3 is 15.6 Å². The van der Waals surface area contributed by atoms with Crippen LogP contribution in [0.2, 0.25) is 5.02 Å². The molecule has 1 aromatic rings. The van der Waals surface area contributed by atoms with Crippen molar-refractivity contribution in [2.75, 3.05) is 19.8 Å². The zero-order chi connectivity index (χ0) is 13.5. The molecule has 3 N–H and O–H groups in total. The van der Waals surface area contributed by atoms with Gasteiger partial charge in [0.25, 0.3) is 0 Å². The molecule has 18 heavy (non-hydrogen) atoms. The quantitative estimate of drug-likeness (QED) is 0.789. The van der Waals surface area contributed by atoms with Crippen molar-refractivity contribution in [2.24, 2.45) is 11.7 Å². The van der Waals surface area contributed by atoms with Crippen LogP contribution in [0, 0.1) is 12.8 Å². The number of aliphatic hydroxyl groups excluding tert-OH is 1. The molecule has 1 atom stereocenters. The Morgan fingerprint density at radius 2 is 2.28 bits per heavy atom. The number of ether oxygens (including phenoxy) is 1. The van der Waals surface area contributed by atoms with E-state index in [9.17, 15) is 4.79 Å². The molecule has 0 aliphatic carbocycles. The maximum Gasteiger partial charge on any atom is 0.175 e. The summed E-state index contributed by atoms with van der Waals surface area (Å²) in [4.78, 5) is 11.7. The van der Waals surface area contributed by atoms with Crippen LogP contribution in [-0.2, 0) is 4.79 Å². The lowest BCUT2D eigenvalue weighted by molar-refractivity contribution is -0.126. The molecule has 0 aromatic heterocycles. The number of nitrogens with two attached hydrogens (primary N) is 1. The number of hydrogen-bond acceptors (Lipinski definition) is 4. The fourth-order valence-corrected chi connectivity index (χ4v) is 1.65. The molecule has 0 saturated carbocycles. The highest BCUT2D eigenvalue weighted by atomic mass is 35.5. The first-order valence-corrected chi connectivity index (χ1v) is 6.19. The van der Waals surface area contributed by atoms with Gasteiger partial charge in [0, 0.05) is 10.9 Å². The summed E-state index contributed by atoms with van der Waals surface area (Å²) in [7, 11) is 0. The highest BCUT2D eigenvalue weighted by Gasteiger charge is 2.17. The second-order valence-electron chi connectivity index (χ2n) is 4.12. The third-order valence-electron chi connectivity index (χ3n) is 2.70. The van der Waals surface area contributed by atoms with Gasteiger partial charge in [0.15, 0.2) is 5.78 Å². The third-order valence-corrected chi connectivity index (χ3v) is 3.13. The molecule has 0 saturated heterocycles. The van der Waals surface area contributed by atoms with Crippen molar-refractivity contribution in [3.8, 4) is 5.75 Å². The summed E-state index contributed by atoms with van der Waals surface area (Å²) in [6.07, 6.45) is 0.471. The zero-order valence-corrected chi connectivity index (χ0v) is 11.1. The molecule has 4 nitrogen and oxygen atoms in total. The number of carbonyl (C=O) groups is 1. The van der Waals surface area contributed by atoms with Crippen LogP contribution in [0.1, 0.15) is 12.0 Å². The van der Waals surface area contributed by atoms with Gasteiger partial charge in [0.05, 0.1) is 6.61 Å². The largest absolute Gasteiger partial charge is 0.486 e. The van der Waals surface area contributed by atoms with E-state index in [2.05, 4.69) is 0 Å². The van der Waals surface area contributed by atoms with Crippen LogP contribution in [0.4, 0.5) is 0 Å². The smallest absolute Gasteiger partial charge is 0.175 e. The molecule has 5 heteroatoms. The van der Waals surface area contributed by atoms with Gasteiger partial charge in [-0.15, -0.1) is 0 Å². The molecule has 0 radical (unpaired) electrons. The van der Waals surface area contributed by atoms with Crippen LogP contribution < -0.4 is 10.5 Å². The van der Waals surface area contributed by atoms with Crippen molar-refractivity contribution >= 4 is 17.4 Å². The van der Waals surface area contributed by atoms with Crippen LogP contribution in [-0.4, -0.2) is 30.6 Å². The molecule has 0 amide bonds. The van der Waals surface area contributed by atoms with Crippen LogP contribution in [0.3, 0.4) is 0 Å². The van der Waals surface area contributed by atoms with Crippen molar-refractivity contribution in [1.82, 2.24) is 0 Å². The first-order valence-electron chi connectivity index (χ1n) is 5.81. The average Bonchev–Trinajstić information content (AvgIpc) is 2.37. The number of aryl methyl sites for hydroxylation is 1. The molecule has 1 rings (SSSR count). The van der Waals surface area contributed by atoms with Gasteiger partial charge in [0.1, 0.15) is 12.4 Å². The third kappa shape index (κ3) is 4.29. The second kappa shape index (κ2) is 7.36. The molecule has 1 aromatic carbocycles. The Morgan fingerprint density at radius 3 is 2.83 bits per heavy atom. The first kappa shape index (κ1) is 15.0. The first-order chi connectivity index (χ1) is 8.58. The van der Waals surface area contributed by atoms with E-state index in [0.717, 1.165) is 5.56 Å². The van der Waals surface area contributed by atoms with Gasteiger partial charge in [-0.25, -0.2) is 0 Å². The Morgan fingerprint density at radius 1 is 1.56 bits per heavy atom. The molecule has 0 fully saturated rings. The molecule has 0 aliphatic rings. The number of ketones is 1. The number of benzene rings is 1. The Kier molecular flexibility index (Phi) is 6.12. The predicted molar refractivity (Wildman–Crippen MR) is 70.9 cm³/mol. The Hall–Kier alpha value is -1.10. The summed E-state index contributed by atoms with van der Waals surface area (Å²) in [5, 5.41) is 9.71. The summed E-state index contributed by atoms with van der Waals surface area (Å²) < 4.78 is 5.37. The topological polar surface area (TPSA) is 72.5 Å². The van der Waals surface area contributed by atoms with E-state index in [1.807, 2.05) is 6.92 Å². The van der Waals surface area contributed by atoms with Crippen LogP contribution in [0.5, 0.6) is 5.75 Å². The number of Topliss-reactive ketones (excluding diaryl/α,β-unsaturated/α-hetero) is 1. The average molecular weight is 272 g/mol. The SMILES string of the molecule is Cc1cc(OCC(=O)[C@@H](CO)CCN)ccc1Cl. The van der Waals surface area contributed by atoms with Crippen LogP contribution >= 0.6 is 11.6 Å². The molecule has 0 aliphatic heterocycles. The standard InChI is InChI=1S/C13H18ClNO3/c1-9-6-11(2-3-12(9)14)18-8-13(17)10(7-16)4-5-15/h2-3,6,10,16H,4-5,7-8,15H2,1H3/t10-/m1/s1. The summed E-state index contributed by atoms with van der Waals surface area (Å²) in [6, 6.07) is 5.20. The van der Waals surface area contributed by atoms with E-state index in [1.54, 1.807) is 18.2 Å². The van der Waals surface area contributed by atoms with E-state index in [1.165, 1.54) is 0 Å². The minimum atomic E-state index is -0.441. The van der Waals surface area contributed by atoms with Crippen molar-refractivity contribution in [3.05, 3.63) is 28.8 Å². The summed E-state index contributed by atoms with van der Waals surface area (Å²) in [5.74, 6) is 0.00800. The minimum Gasteiger partial charge on any atom is -0.486 e. The fourth-order valence-electron chi connectivity index (χ4n) is 1.53. The lowest BCUT2D eigenvalue weighted by Crippen LogP contribution is -2.26. The molecular weight excluding hydrogens is 254 g/mol. The van der Waals surface area contributed by atoms with E-state index in [0.29, 0.717) is 23.7 Å². The number of halogens is 1. The van der Waals surface area contributed by atoms with Gasteiger partial charge >= 0.3 is 0 Å². The fraction of sp³-hybridized carbons (Fsp3) is 0.462. The molecular formula is C13H18ClNO3. The molecule has 100 valence electrons. The minimum absolute atomic E-state index is 0.0632. The lowest BCUT2D eigenvalue weighted by atomic mass is 10.0. The van der Waals surface area contributed by atoms with Crippen molar-refractivity contribution in [3.63, 3.8) is 0 Å².